The summed E-state index contributed by atoms with van der Waals surface area (Å²) in [6, 6.07) is 10.2. The molecule has 6 nitrogen and oxygen atoms in total. The second-order valence-electron chi connectivity index (χ2n) is 8.46. The summed E-state index contributed by atoms with van der Waals surface area (Å²) in [5, 5.41) is 6.52. The van der Waals surface area contributed by atoms with Crippen molar-refractivity contribution in [3.05, 3.63) is 71.6 Å². The Morgan fingerprint density at radius 3 is 2.83 bits per heavy atom. The third-order valence-electron chi connectivity index (χ3n) is 5.73. The summed E-state index contributed by atoms with van der Waals surface area (Å²) in [7, 11) is 0. The van der Waals surface area contributed by atoms with Gasteiger partial charge in [-0.1, -0.05) is 18.2 Å². The van der Waals surface area contributed by atoms with E-state index in [-0.39, 0.29) is 17.8 Å². The predicted molar refractivity (Wildman–Crippen MR) is 115 cm³/mol. The van der Waals surface area contributed by atoms with Crippen LogP contribution in [0.15, 0.2) is 48.8 Å². The van der Waals surface area contributed by atoms with Gasteiger partial charge in [0.1, 0.15) is 17.7 Å². The minimum Gasteiger partial charge on any atom is -0.343 e. The van der Waals surface area contributed by atoms with Crippen molar-refractivity contribution < 1.29 is 9.18 Å². The van der Waals surface area contributed by atoms with Crippen molar-refractivity contribution in [1.29, 1.82) is 0 Å². The average molecular weight is 410 g/mol. The van der Waals surface area contributed by atoms with Crippen LogP contribution >= 0.6 is 0 Å². The number of imidazole rings is 1. The number of aromatic nitrogens is 2. The number of hydrogen-bond donors (Lipinski definition) is 2. The van der Waals surface area contributed by atoms with Crippen LogP contribution in [-0.2, 0) is 16.9 Å². The quantitative estimate of drug-likeness (QED) is 0.680. The molecule has 1 aliphatic rings. The van der Waals surface area contributed by atoms with Gasteiger partial charge in [-0.3, -0.25) is 9.69 Å². The van der Waals surface area contributed by atoms with E-state index < -0.39 is 5.54 Å². The zero-order valence-corrected chi connectivity index (χ0v) is 17.7. The second-order valence-corrected chi connectivity index (χ2v) is 8.46. The summed E-state index contributed by atoms with van der Waals surface area (Å²) < 4.78 is 15.3. The maximum absolute atomic E-state index is 13.3. The summed E-state index contributed by atoms with van der Waals surface area (Å²) in [5.41, 5.74) is 2.52. The molecule has 1 fully saturated rings. The lowest BCUT2D eigenvalue weighted by Crippen LogP contribution is -2.59. The van der Waals surface area contributed by atoms with Crippen LogP contribution in [0.25, 0.3) is 5.52 Å². The number of piperazine rings is 1. The van der Waals surface area contributed by atoms with Crippen molar-refractivity contribution in [3.63, 3.8) is 0 Å². The van der Waals surface area contributed by atoms with Crippen LogP contribution < -0.4 is 10.6 Å². The van der Waals surface area contributed by atoms with Gasteiger partial charge < -0.3 is 15.0 Å². The van der Waals surface area contributed by atoms with E-state index in [0.29, 0.717) is 13.1 Å². The molecular formula is C23H28FN5O. The Morgan fingerprint density at radius 1 is 1.30 bits per heavy atom. The molecule has 4 rings (SSSR count). The molecule has 3 aromatic rings. The number of fused-ring (bicyclic) bond motifs is 1. The highest BCUT2D eigenvalue weighted by Crippen LogP contribution is 2.23. The van der Waals surface area contributed by atoms with Gasteiger partial charge in [-0.2, -0.15) is 0 Å². The van der Waals surface area contributed by atoms with Gasteiger partial charge in [0, 0.05) is 32.4 Å². The first kappa shape index (κ1) is 20.5. The Bertz CT molecular complexity index is 1040. The Kier molecular flexibility index (Phi) is 5.58. The summed E-state index contributed by atoms with van der Waals surface area (Å²) in [5.74, 6) is 0.499. The van der Waals surface area contributed by atoms with E-state index in [0.717, 1.165) is 35.6 Å². The molecule has 0 saturated carbocycles. The van der Waals surface area contributed by atoms with Crippen LogP contribution in [0.4, 0.5) is 4.39 Å². The molecule has 1 atom stereocenters. The average Bonchev–Trinajstić information content (AvgIpc) is 3.16. The van der Waals surface area contributed by atoms with E-state index in [1.54, 1.807) is 12.1 Å². The molecule has 0 radical (unpaired) electrons. The molecule has 3 heterocycles. The molecule has 158 valence electrons. The summed E-state index contributed by atoms with van der Waals surface area (Å²) in [4.78, 5) is 20.0. The highest BCUT2D eigenvalue weighted by Gasteiger charge is 2.34. The van der Waals surface area contributed by atoms with Gasteiger partial charge in [0.15, 0.2) is 0 Å². The molecule has 1 saturated heterocycles. The molecular weight excluding hydrogens is 381 g/mol. The number of carbonyl (C=O) groups is 1. The molecule has 0 unspecified atom stereocenters. The fourth-order valence-corrected chi connectivity index (χ4v) is 4.09. The smallest absolute Gasteiger partial charge is 0.239 e. The highest BCUT2D eigenvalue weighted by atomic mass is 19.1. The van der Waals surface area contributed by atoms with Crippen LogP contribution in [0.2, 0.25) is 0 Å². The zero-order chi connectivity index (χ0) is 21.3. The van der Waals surface area contributed by atoms with Crippen molar-refractivity contribution in [3.8, 4) is 0 Å². The second kappa shape index (κ2) is 8.16. The maximum atomic E-state index is 13.3. The summed E-state index contributed by atoms with van der Waals surface area (Å²) in [6.45, 7) is 8.75. The number of hydrogen-bond acceptors (Lipinski definition) is 4. The van der Waals surface area contributed by atoms with E-state index in [1.165, 1.54) is 12.1 Å². The van der Waals surface area contributed by atoms with E-state index in [2.05, 4.69) is 20.5 Å². The molecule has 0 spiro atoms. The highest BCUT2D eigenvalue weighted by molar-refractivity contribution is 5.83. The van der Waals surface area contributed by atoms with Gasteiger partial charge in [-0.15, -0.1) is 0 Å². The first-order chi connectivity index (χ1) is 14.3. The van der Waals surface area contributed by atoms with Crippen molar-refractivity contribution in [1.82, 2.24) is 24.9 Å². The Morgan fingerprint density at radius 2 is 2.07 bits per heavy atom. The number of amides is 1. The Labute approximate surface area is 176 Å². The minimum absolute atomic E-state index is 0.0429. The number of nitrogens with zero attached hydrogens (tertiary/aromatic N) is 3. The van der Waals surface area contributed by atoms with E-state index in [1.807, 2.05) is 49.7 Å². The molecule has 0 bridgehead atoms. The number of pyridine rings is 1. The molecule has 1 aromatic carbocycles. The molecule has 1 aliphatic heterocycles. The SMILES string of the molecule is Cc1cccn2c(C(C)(C)NC(=O)[C@@H]3CNCCN3Cc3ccc(F)cc3)ncc12. The number of carbonyl (C=O) groups excluding carboxylic acids is 1. The lowest BCUT2D eigenvalue weighted by molar-refractivity contribution is -0.129. The van der Waals surface area contributed by atoms with E-state index >= 15 is 0 Å². The lowest BCUT2D eigenvalue weighted by atomic mass is 10.0. The van der Waals surface area contributed by atoms with Crippen LogP contribution in [0.5, 0.6) is 0 Å². The maximum Gasteiger partial charge on any atom is 0.239 e. The van der Waals surface area contributed by atoms with Gasteiger partial charge in [-0.05, 0) is 50.1 Å². The van der Waals surface area contributed by atoms with Gasteiger partial charge in [0.25, 0.3) is 0 Å². The van der Waals surface area contributed by atoms with Gasteiger partial charge in [-0.25, -0.2) is 9.37 Å². The molecule has 1 amide bonds. The van der Waals surface area contributed by atoms with Crippen LogP contribution in [-0.4, -0.2) is 45.9 Å². The topological polar surface area (TPSA) is 61.7 Å². The van der Waals surface area contributed by atoms with E-state index in [9.17, 15) is 9.18 Å². The van der Waals surface area contributed by atoms with Crippen molar-refractivity contribution in [2.45, 2.75) is 38.9 Å². The van der Waals surface area contributed by atoms with Gasteiger partial charge >= 0.3 is 0 Å². The monoisotopic (exact) mass is 409 g/mol. The van der Waals surface area contributed by atoms with Crippen molar-refractivity contribution >= 4 is 11.4 Å². The van der Waals surface area contributed by atoms with Crippen LogP contribution in [0.3, 0.4) is 0 Å². The van der Waals surface area contributed by atoms with Crippen LogP contribution in [0.1, 0.15) is 30.8 Å². The van der Waals surface area contributed by atoms with Gasteiger partial charge in [0.2, 0.25) is 5.91 Å². The Balaban J connectivity index is 1.52. The number of benzene rings is 1. The third kappa shape index (κ3) is 4.08. The molecule has 7 heteroatoms. The number of aryl methyl sites for hydroxylation is 1. The summed E-state index contributed by atoms with van der Waals surface area (Å²) in [6.07, 6.45) is 3.82. The van der Waals surface area contributed by atoms with Crippen molar-refractivity contribution in [2.24, 2.45) is 0 Å². The normalized spacial score (nSPS) is 17.9. The zero-order valence-electron chi connectivity index (χ0n) is 17.7. The first-order valence-electron chi connectivity index (χ1n) is 10.3. The predicted octanol–water partition coefficient (Wildman–Crippen LogP) is 2.61. The number of halogens is 1. The fraction of sp³-hybridized carbons (Fsp3) is 0.391. The number of rotatable bonds is 5. The fourth-order valence-electron chi connectivity index (χ4n) is 4.09. The van der Waals surface area contributed by atoms with Crippen LogP contribution in [0, 0.1) is 12.7 Å². The Hall–Kier alpha value is -2.77. The number of nitrogens with one attached hydrogen (secondary N) is 2. The van der Waals surface area contributed by atoms with E-state index in [4.69, 9.17) is 0 Å². The largest absolute Gasteiger partial charge is 0.343 e. The lowest BCUT2D eigenvalue weighted by Gasteiger charge is -2.37. The van der Waals surface area contributed by atoms with Crippen molar-refractivity contribution in [2.75, 3.05) is 19.6 Å². The molecule has 2 aromatic heterocycles. The molecule has 30 heavy (non-hydrogen) atoms. The molecule has 2 N–H and O–H groups in total. The first-order valence-corrected chi connectivity index (χ1v) is 10.3. The summed E-state index contributed by atoms with van der Waals surface area (Å²) >= 11 is 0. The molecule has 0 aliphatic carbocycles. The standard InChI is InChI=1S/C23H28FN5O/c1-16-5-4-11-29-19(16)14-26-22(29)23(2,3)27-21(30)20-13-25-10-12-28(20)15-17-6-8-18(24)9-7-17/h4-9,11,14,20,25H,10,12-13,15H2,1-3H3,(H,27,30)/t20-/m0/s1. The third-order valence-corrected chi connectivity index (χ3v) is 5.73. The van der Waals surface area contributed by atoms with Gasteiger partial charge in [0.05, 0.1) is 17.3 Å². The minimum atomic E-state index is -0.643.